The summed E-state index contributed by atoms with van der Waals surface area (Å²) in [5.74, 6) is 1.76. The topological polar surface area (TPSA) is 12.5 Å². The number of benzene rings is 1. The van der Waals surface area contributed by atoms with Crippen molar-refractivity contribution in [2.75, 3.05) is 26.2 Å². The van der Waals surface area contributed by atoms with Crippen molar-refractivity contribution in [3.8, 4) is 5.75 Å². The van der Waals surface area contributed by atoms with Gasteiger partial charge in [-0.1, -0.05) is 30.7 Å². The number of hydrogen-bond donors (Lipinski definition) is 0. The highest BCUT2D eigenvalue weighted by atomic mass is 35.5. The number of hydrogen-bond acceptors (Lipinski definition) is 2. The minimum absolute atomic E-state index is 0.718. The molecule has 1 fully saturated rings. The van der Waals surface area contributed by atoms with Gasteiger partial charge in [-0.25, -0.2) is 0 Å². The third-order valence-electron chi connectivity index (χ3n) is 4.16. The molecule has 0 saturated carbocycles. The van der Waals surface area contributed by atoms with Gasteiger partial charge in [0.15, 0.2) is 0 Å². The molecule has 2 nitrogen and oxygen atoms in total. The molecule has 0 bridgehead atoms. The predicted molar refractivity (Wildman–Crippen MR) is 85.8 cm³/mol. The van der Waals surface area contributed by atoms with E-state index in [1.165, 1.54) is 38.9 Å². The van der Waals surface area contributed by atoms with E-state index in [4.69, 9.17) is 16.3 Å². The smallest absolute Gasteiger partial charge is 0.140 e. The zero-order valence-corrected chi connectivity index (χ0v) is 13.5. The maximum atomic E-state index is 6.14. The van der Waals surface area contributed by atoms with Crippen LogP contribution in [0.15, 0.2) is 18.2 Å². The molecular weight excluding hydrogens is 270 g/mol. The van der Waals surface area contributed by atoms with Crippen LogP contribution in [0.4, 0.5) is 0 Å². The van der Waals surface area contributed by atoms with Gasteiger partial charge in [0.1, 0.15) is 5.75 Å². The highest BCUT2D eigenvalue weighted by Gasteiger charge is 2.14. The number of para-hydroxylation sites is 1. The molecule has 0 amide bonds. The molecule has 0 unspecified atom stereocenters. The molecule has 112 valence electrons. The number of ether oxygens (including phenoxy) is 1. The second kappa shape index (κ2) is 7.90. The Hall–Kier alpha value is -0.730. The van der Waals surface area contributed by atoms with Crippen LogP contribution in [-0.2, 0) is 0 Å². The molecule has 1 aliphatic heterocycles. The van der Waals surface area contributed by atoms with Gasteiger partial charge in [-0.2, -0.15) is 0 Å². The van der Waals surface area contributed by atoms with Crippen molar-refractivity contribution < 1.29 is 4.74 Å². The summed E-state index contributed by atoms with van der Waals surface area (Å²) < 4.78 is 5.82. The summed E-state index contributed by atoms with van der Waals surface area (Å²) in [6, 6.07) is 5.89. The first-order chi connectivity index (χ1) is 9.66. The second-order valence-corrected chi connectivity index (χ2v) is 6.37. The average Bonchev–Trinajstić information content (AvgIpc) is 2.43. The van der Waals surface area contributed by atoms with Crippen molar-refractivity contribution >= 4 is 11.6 Å². The van der Waals surface area contributed by atoms with E-state index in [1.807, 2.05) is 25.1 Å². The second-order valence-electron chi connectivity index (χ2n) is 5.97. The molecule has 0 aliphatic carbocycles. The molecular formula is C17H26ClNO. The summed E-state index contributed by atoms with van der Waals surface area (Å²) in [5, 5.41) is 0.718. The zero-order chi connectivity index (χ0) is 14.4. The van der Waals surface area contributed by atoms with Crippen LogP contribution in [0.5, 0.6) is 5.75 Å². The first-order valence-electron chi connectivity index (χ1n) is 7.77. The monoisotopic (exact) mass is 295 g/mol. The van der Waals surface area contributed by atoms with Crippen LogP contribution < -0.4 is 4.74 Å². The first-order valence-corrected chi connectivity index (χ1v) is 8.15. The number of rotatable bonds is 6. The van der Waals surface area contributed by atoms with Gasteiger partial charge in [0.05, 0.1) is 11.6 Å². The Kier molecular flexibility index (Phi) is 6.18. The van der Waals surface area contributed by atoms with Crippen molar-refractivity contribution in [3.63, 3.8) is 0 Å². The van der Waals surface area contributed by atoms with Gasteiger partial charge < -0.3 is 9.64 Å². The van der Waals surface area contributed by atoms with Crippen LogP contribution in [0, 0.1) is 12.8 Å². The van der Waals surface area contributed by atoms with Crippen LogP contribution in [-0.4, -0.2) is 31.1 Å². The molecule has 20 heavy (non-hydrogen) atoms. The molecule has 0 atom stereocenters. The maximum Gasteiger partial charge on any atom is 0.140 e. The summed E-state index contributed by atoms with van der Waals surface area (Å²) in [7, 11) is 0. The quantitative estimate of drug-likeness (QED) is 0.715. The van der Waals surface area contributed by atoms with Gasteiger partial charge in [-0.05, 0) is 69.8 Å². The van der Waals surface area contributed by atoms with Gasteiger partial charge in [-0.3, -0.25) is 0 Å². The van der Waals surface area contributed by atoms with E-state index in [-0.39, 0.29) is 0 Å². The van der Waals surface area contributed by atoms with Crippen molar-refractivity contribution in [2.45, 2.75) is 39.5 Å². The van der Waals surface area contributed by atoms with Gasteiger partial charge in [0, 0.05) is 0 Å². The largest absolute Gasteiger partial charge is 0.492 e. The van der Waals surface area contributed by atoms with Crippen LogP contribution in [0.1, 0.15) is 38.2 Å². The molecule has 0 radical (unpaired) electrons. The van der Waals surface area contributed by atoms with E-state index in [1.54, 1.807) is 0 Å². The normalized spacial score (nSPS) is 17.4. The molecule has 3 heteroatoms. The fourth-order valence-electron chi connectivity index (χ4n) is 2.70. The molecule has 0 aromatic heterocycles. The van der Waals surface area contributed by atoms with Gasteiger partial charge in [0.25, 0.3) is 0 Å². The Bertz CT molecular complexity index is 393. The Labute approximate surface area is 128 Å². The van der Waals surface area contributed by atoms with Crippen molar-refractivity contribution in [1.82, 2.24) is 4.90 Å². The van der Waals surface area contributed by atoms with E-state index >= 15 is 0 Å². The van der Waals surface area contributed by atoms with E-state index < -0.39 is 0 Å². The van der Waals surface area contributed by atoms with E-state index in [0.29, 0.717) is 0 Å². The number of unbranched alkanes of at least 4 members (excludes halogenated alkanes) is 1. The molecule has 1 heterocycles. The van der Waals surface area contributed by atoms with Crippen molar-refractivity contribution in [1.29, 1.82) is 0 Å². The molecule has 1 saturated heterocycles. The maximum absolute atomic E-state index is 6.14. The van der Waals surface area contributed by atoms with E-state index in [2.05, 4.69) is 11.8 Å². The van der Waals surface area contributed by atoms with Crippen molar-refractivity contribution in [2.24, 2.45) is 5.92 Å². The number of nitrogens with zero attached hydrogens (tertiary/aromatic N) is 1. The lowest BCUT2D eigenvalue weighted by atomic mass is 9.99. The fourth-order valence-corrected chi connectivity index (χ4v) is 2.97. The van der Waals surface area contributed by atoms with Crippen LogP contribution in [0.25, 0.3) is 0 Å². The Morgan fingerprint density at radius 1 is 1.25 bits per heavy atom. The van der Waals surface area contributed by atoms with E-state index in [9.17, 15) is 0 Å². The lowest BCUT2D eigenvalue weighted by molar-refractivity contribution is 0.184. The van der Waals surface area contributed by atoms with Crippen molar-refractivity contribution in [3.05, 3.63) is 28.8 Å². The Balaban J connectivity index is 1.62. The number of likely N-dealkylation sites (tertiary alicyclic amines) is 1. The third-order valence-corrected chi connectivity index (χ3v) is 4.45. The summed E-state index contributed by atoms with van der Waals surface area (Å²) in [6.45, 7) is 8.90. The highest BCUT2D eigenvalue weighted by molar-refractivity contribution is 6.32. The number of halogens is 1. The molecule has 0 N–H and O–H groups in total. The average molecular weight is 296 g/mol. The molecule has 1 aliphatic rings. The first kappa shape index (κ1) is 15.7. The lowest BCUT2D eigenvalue weighted by Crippen LogP contribution is -2.33. The summed E-state index contributed by atoms with van der Waals surface area (Å²) >= 11 is 6.14. The third kappa shape index (κ3) is 4.68. The van der Waals surface area contributed by atoms with Gasteiger partial charge >= 0.3 is 0 Å². The molecule has 1 aromatic carbocycles. The minimum Gasteiger partial charge on any atom is -0.492 e. The zero-order valence-electron chi connectivity index (χ0n) is 12.7. The number of aryl methyl sites for hydroxylation is 1. The van der Waals surface area contributed by atoms with Crippen LogP contribution in [0.3, 0.4) is 0 Å². The van der Waals surface area contributed by atoms with E-state index in [0.717, 1.165) is 35.3 Å². The Morgan fingerprint density at radius 2 is 2.00 bits per heavy atom. The Morgan fingerprint density at radius 3 is 2.70 bits per heavy atom. The summed E-state index contributed by atoms with van der Waals surface area (Å²) in [6.07, 6.45) is 5.01. The van der Waals surface area contributed by atoms with Crippen LogP contribution in [0.2, 0.25) is 5.02 Å². The lowest BCUT2D eigenvalue weighted by Gasteiger charge is -2.30. The summed E-state index contributed by atoms with van der Waals surface area (Å²) in [5.41, 5.74) is 1.11. The van der Waals surface area contributed by atoms with Gasteiger partial charge in [0.2, 0.25) is 0 Å². The fraction of sp³-hybridized carbons (Fsp3) is 0.647. The molecule has 0 spiro atoms. The summed E-state index contributed by atoms with van der Waals surface area (Å²) in [4.78, 5) is 2.58. The molecule has 1 aromatic rings. The minimum atomic E-state index is 0.718. The predicted octanol–water partition coefficient (Wildman–Crippen LogP) is 4.54. The number of piperidine rings is 1. The molecule has 2 rings (SSSR count). The highest BCUT2D eigenvalue weighted by Crippen LogP contribution is 2.28. The standard InChI is InChI=1S/C17H26ClNO/c1-14-8-11-19(12-9-14)10-3-4-13-20-17-15(2)6-5-7-16(17)18/h5-7,14H,3-4,8-13H2,1-2H3. The van der Waals surface area contributed by atoms with Gasteiger partial charge in [-0.15, -0.1) is 0 Å². The SMILES string of the molecule is Cc1cccc(Cl)c1OCCCCN1CCC(C)CC1. The van der Waals surface area contributed by atoms with Crippen LogP contribution >= 0.6 is 11.6 Å².